The van der Waals surface area contributed by atoms with Crippen LogP contribution in [0.3, 0.4) is 0 Å². The summed E-state index contributed by atoms with van der Waals surface area (Å²) in [4.78, 5) is 12.9. The van der Waals surface area contributed by atoms with Crippen LogP contribution in [0.4, 0.5) is 13.2 Å². The Kier molecular flexibility index (Phi) is 3.43. The number of amides is 1. The molecule has 1 aromatic rings. The summed E-state index contributed by atoms with van der Waals surface area (Å²) in [7, 11) is 0. The van der Waals surface area contributed by atoms with Crippen molar-refractivity contribution in [2.75, 3.05) is 6.54 Å². The van der Waals surface area contributed by atoms with Gasteiger partial charge in [0.25, 0.3) is 5.91 Å². The van der Waals surface area contributed by atoms with Crippen LogP contribution in [-0.2, 0) is 0 Å². The van der Waals surface area contributed by atoms with Gasteiger partial charge >= 0.3 is 6.18 Å². The van der Waals surface area contributed by atoms with Gasteiger partial charge in [0.15, 0.2) is 0 Å². The smallest absolute Gasteiger partial charge is 0.406 e. The number of alkyl halides is 3. The molecule has 0 saturated heterocycles. The number of aromatic hydroxyl groups is 1. The summed E-state index contributed by atoms with van der Waals surface area (Å²) in [6.07, 6.45) is -3.28. The SMILES string of the molecule is Cc1ccc(O)c(C(=O)N(CC(F)(F)F)C2CC2)c1. The zero-order valence-corrected chi connectivity index (χ0v) is 10.4. The molecule has 1 N–H and O–H groups in total. The molecule has 0 heterocycles. The molecular weight excluding hydrogens is 259 g/mol. The molecule has 0 radical (unpaired) electrons. The zero-order valence-electron chi connectivity index (χ0n) is 10.4. The number of rotatable bonds is 3. The summed E-state index contributed by atoms with van der Waals surface area (Å²) < 4.78 is 37.5. The van der Waals surface area contributed by atoms with Gasteiger partial charge in [0, 0.05) is 6.04 Å². The Morgan fingerprint density at radius 1 is 1.42 bits per heavy atom. The van der Waals surface area contributed by atoms with Crippen molar-refractivity contribution in [1.29, 1.82) is 0 Å². The lowest BCUT2D eigenvalue weighted by molar-refractivity contribution is -0.141. The van der Waals surface area contributed by atoms with E-state index in [2.05, 4.69) is 0 Å². The fraction of sp³-hybridized carbons (Fsp3) is 0.462. The zero-order chi connectivity index (χ0) is 14.2. The predicted molar refractivity (Wildman–Crippen MR) is 63.0 cm³/mol. The van der Waals surface area contributed by atoms with Crippen LogP contribution >= 0.6 is 0 Å². The molecule has 1 aromatic carbocycles. The summed E-state index contributed by atoms with van der Waals surface area (Å²) in [5, 5.41) is 9.63. The Balaban J connectivity index is 2.26. The summed E-state index contributed by atoms with van der Waals surface area (Å²) in [6.45, 7) is 0.436. The number of aryl methyl sites for hydroxylation is 1. The van der Waals surface area contributed by atoms with Crippen LogP contribution in [0.5, 0.6) is 5.75 Å². The first-order chi connectivity index (χ1) is 8.78. The first kappa shape index (κ1) is 13.7. The lowest BCUT2D eigenvalue weighted by Gasteiger charge is -2.24. The molecule has 1 aliphatic rings. The third kappa shape index (κ3) is 3.39. The minimum atomic E-state index is -4.43. The molecular formula is C13H14F3NO2. The molecule has 104 valence electrons. The molecule has 1 fully saturated rings. The fourth-order valence-electron chi connectivity index (χ4n) is 1.92. The number of carbonyl (C=O) groups excluding carboxylic acids is 1. The van der Waals surface area contributed by atoms with Gasteiger partial charge < -0.3 is 10.0 Å². The Hall–Kier alpha value is -1.72. The van der Waals surface area contributed by atoms with Gasteiger partial charge in [0.2, 0.25) is 0 Å². The summed E-state index contributed by atoms with van der Waals surface area (Å²) >= 11 is 0. The van der Waals surface area contributed by atoms with E-state index in [-0.39, 0.29) is 17.4 Å². The van der Waals surface area contributed by atoms with E-state index >= 15 is 0 Å². The molecule has 0 atom stereocenters. The van der Waals surface area contributed by atoms with Crippen molar-refractivity contribution in [3.05, 3.63) is 29.3 Å². The minimum Gasteiger partial charge on any atom is -0.507 e. The van der Waals surface area contributed by atoms with Crippen LogP contribution in [0.1, 0.15) is 28.8 Å². The van der Waals surface area contributed by atoms with Crippen molar-refractivity contribution in [2.24, 2.45) is 0 Å². The molecule has 6 heteroatoms. The van der Waals surface area contributed by atoms with Gasteiger partial charge in [-0.2, -0.15) is 13.2 Å². The van der Waals surface area contributed by atoms with E-state index in [1.54, 1.807) is 13.0 Å². The van der Waals surface area contributed by atoms with Gasteiger partial charge in [-0.1, -0.05) is 11.6 Å². The molecule has 0 aliphatic heterocycles. The summed E-state index contributed by atoms with van der Waals surface area (Å²) in [5.41, 5.74) is 0.639. The van der Waals surface area contributed by atoms with Crippen LogP contribution in [0.15, 0.2) is 18.2 Å². The number of nitrogens with zero attached hydrogens (tertiary/aromatic N) is 1. The van der Waals surface area contributed by atoms with E-state index < -0.39 is 18.6 Å². The molecule has 1 amide bonds. The Bertz CT molecular complexity index is 495. The number of phenolic OH excluding ortho intramolecular Hbond substituents is 1. The van der Waals surface area contributed by atoms with Gasteiger partial charge in [-0.25, -0.2) is 0 Å². The first-order valence-corrected chi connectivity index (χ1v) is 5.95. The van der Waals surface area contributed by atoms with E-state index in [4.69, 9.17) is 0 Å². The summed E-state index contributed by atoms with van der Waals surface area (Å²) in [6, 6.07) is 3.95. The van der Waals surface area contributed by atoms with Crippen LogP contribution in [0, 0.1) is 6.92 Å². The minimum absolute atomic E-state index is 0.0730. The molecule has 0 bridgehead atoms. The molecule has 2 rings (SSSR count). The Morgan fingerprint density at radius 3 is 2.58 bits per heavy atom. The lowest BCUT2D eigenvalue weighted by atomic mass is 10.1. The van der Waals surface area contributed by atoms with Gasteiger partial charge in [-0.15, -0.1) is 0 Å². The van der Waals surface area contributed by atoms with Crippen LogP contribution < -0.4 is 0 Å². The number of carbonyl (C=O) groups is 1. The Morgan fingerprint density at radius 2 is 2.05 bits per heavy atom. The number of halogens is 3. The highest BCUT2D eigenvalue weighted by molar-refractivity contribution is 5.97. The van der Waals surface area contributed by atoms with Crippen molar-refractivity contribution in [2.45, 2.75) is 32.0 Å². The first-order valence-electron chi connectivity index (χ1n) is 5.95. The van der Waals surface area contributed by atoms with Gasteiger partial charge in [0.05, 0.1) is 5.56 Å². The van der Waals surface area contributed by atoms with Crippen molar-refractivity contribution in [1.82, 2.24) is 4.90 Å². The van der Waals surface area contributed by atoms with E-state index in [1.807, 2.05) is 0 Å². The lowest BCUT2D eigenvalue weighted by Crippen LogP contribution is -2.40. The average molecular weight is 273 g/mol. The topological polar surface area (TPSA) is 40.5 Å². The Labute approximate surface area is 108 Å². The molecule has 1 saturated carbocycles. The van der Waals surface area contributed by atoms with Crippen molar-refractivity contribution >= 4 is 5.91 Å². The third-order valence-corrected chi connectivity index (χ3v) is 2.98. The molecule has 3 nitrogen and oxygen atoms in total. The van der Waals surface area contributed by atoms with Crippen molar-refractivity contribution in [3.63, 3.8) is 0 Å². The van der Waals surface area contributed by atoms with E-state index in [1.165, 1.54) is 12.1 Å². The van der Waals surface area contributed by atoms with E-state index in [0.717, 1.165) is 4.90 Å². The second kappa shape index (κ2) is 4.75. The predicted octanol–water partition coefficient (Wildman–Crippen LogP) is 2.87. The molecule has 0 aromatic heterocycles. The number of benzene rings is 1. The molecule has 19 heavy (non-hydrogen) atoms. The number of hydrogen-bond donors (Lipinski definition) is 1. The highest BCUT2D eigenvalue weighted by atomic mass is 19.4. The molecule has 1 aliphatic carbocycles. The van der Waals surface area contributed by atoms with Crippen LogP contribution in [0.2, 0.25) is 0 Å². The van der Waals surface area contributed by atoms with Crippen molar-refractivity contribution < 1.29 is 23.1 Å². The largest absolute Gasteiger partial charge is 0.507 e. The summed E-state index contributed by atoms with van der Waals surface area (Å²) in [5.74, 6) is -1.05. The maximum absolute atomic E-state index is 12.5. The number of hydrogen-bond acceptors (Lipinski definition) is 2. The van der Waals surface area contributed by atoms with Gasteiger partial charge in [0.1, 0.15) is 12.3 Å². The third-order valence-electron chi connectivity index (χ3n) is 2.98. The second-order valence-corrected chi connectivity index (χ2v) is 4.80. The standard InChI is InChI=1S/C13H14F3NO2/c1-8-2-5-11(18)10(6-8)12(19)17(9-3-4-9)7-13(14,15)16/h2,5-6,9,18H,3-4,7H2,1H3. The highest BCUT2D eigenvalue weighted by Crippen LogP contribution is 2.33. The second-order valence-electron chi connectivity index (χ2n) is 4.80. The van der Waals surface area contributed by atoms with Gasteiger partial charge in [-0.05, 0) is 31.9 Å². The monoisotopic (exact) mass is 273 g/mol. The van der Waals surface area contributed by atoms with Crippen LogP contribution in [0.25, 0.3) is 0 Å². The van der Waals surface area contributed by atoms with Crippen LogP contribution in [-0.4, -0.2) is 34.7 Å². The quantitative estimate of drug-likeness (QED) is 0.920. The molecule has 0 spiro atoms. The maximum atomic E-state index is 12.5. The van der Waals surface area contributed by atoms with Crippen molar-refractivity contribution in [3.8, 4) is 5.75 Å². The molecule has 0 unspecified atom stereocenters. The van der Waals surface area contributed by atoms with E-state index in [0.29, 0.717) is 18.4 Å². The fourth-order valence-corrected chi connectivity index (χ4v) is 1.92. The van der Waals surface area contributed by atoms with Gasteiger partial charge in [-0.3, -0.25) is 4.79 Å². The normalized spacial score (nSPS) is 15.4. The average Bonchev–Trinajstić information content (AvgIpc) is 3.11. The maximum Gasteiger partial charge on any atom is 0.406 e. The van der Waals surface area contributed by atoms with E-state index in [9.17, 15) is 23.1 Å². The number of phenols is 1. The highest BCUT2D eigenvalue weighted by Gasteiger charge is 2.41.